The van der Waals surface area contributed by atoms with E-state index in [1.807, 2.05) is 0 Å². The van der Waals surface area contributed by atoms with Crippen LogP contribution in [0.25, 0.3) is 0 Å². The van der Waals surface area contributed by atoms with Gasteiger partial charge < -0.3 is 5.32 Å². The van der Waals surface area contributed by atoms with Gasteiger partial charge in [0.1, 0.15) is 5.82 Å². The SMILES string of the molecule is Cc1ccc(C(=O)N[C@@]2(C(F)(F)F)NC(=O)N(c3ccccc3F)C2=O)cc1. The fourth-order valence-corrected chi connectivity index (χ4v) is 2.68. The molecule has 0 aliphatic carbocycles. The number of hydrogen-bond donors (Lipinski definition) is 2. The molecule has 0 spiro atoms. The Morgan fingerprint density at radius 3 is 2.25 bits per heavy atom. The summed E-state index contributed by atoms with van der Waals surface area (Å²) < 4.78 is 55.4. The molecule has 1 aliphatic rings. The zero-order chi connectivity index (χ0) is 20.7. The highest BCUT2D eigenvalue weighted by Crippen LogP contribution is 2.36. The molecule has 0 bridgehead atoms. The first-order valence-corrected chi connectivity index (χ1v) is 7.94. The van der Waals surface area contributed by atoms with E-state index in [1.165, 1.54) is 41.7 Å². The predicted octanol–water partition coefficient (Wildman–Crippen LogP) is 2.88. The van der Waals surface area contributed by atoms with E-state index >= 15 is 0 Å². The Morgan fingerprint density at radius 2 is 1.68 bits per heavy atom. The lowest BCUT2D eigenvalue weighted by Crippen LogP contribution is -2.69. The molecule has 1 fully saturated rings. The zero-order valence-electron chi connectivity index (χ0n) is 14.3. The summed E-state index contributed by atoms with van der Waals surface area (Å²) in [6.45, 7) is 1.71. The van der Waals surface area contributed by atoms with Gasteiger partial charge in [-0.25, -0.2) is 14.1 Å². The van der Waals surface area contributed by atoms with E-state index in [1.54, 1.807) is 12.2 Å². The first kappa shape index (κ1) is 19.3. The van der Waals surface area contributed by atoms with Gasteiger partial charge in [0.2, 0.25) is 0 Å². The van der Waals surface area contributed by atoms with Gasteiger partial charge >= 0.3 is 12.2 Å². The van der Waals surface area contributed by atoms with Crippen LogP contribution in [0.3, 0.4) is 0 Å². The summed E-state index contributed by atoms with van der Waals surface area (Å²) in [4.78, 5) is 37.1. The van der Waals surface area contributed by atoms with Gasteiger partial charge in [-0.3, -0.25) is 14.9 Å². The maximum absolute atomic E-state index is 14.0. The highest BCUT2D eigenvalue weighted by molar-refractivity contribution is 6.24. The topological polar surface area (TPSA) is 78.5 Å². The molecule has 28 heavy (non-hydrogen) atoms. The highest BCUT2D eigenvalue weighted by atomic mass is 19.4. The molecule has 0 unspecified atom stereocenters. The largest absolute Gasteiger partial charge is 0.440 e. The fraction of sp³-hybridized carbons (Fsp3) is 0.167. The molecule has 0 saturated carbocycles. The molecule has 4 amide bonds. The number of halogens is 4. The number of para-hydroxylation sites is 1. The number of alkyl halides is 3. The Bertz CT molecular complexity index is 959. The number of urea groups is 1. The third-order valence-corrected chi connectivity index (χ3v) is 4.15. The molecular formula is C18H13F4N3O3. The van der Waals surface area contributed by atoms with Crippen LogP contribution in [-0.2, 0) is 4.79 Å². The standard InChI is InChI=1S/C18H13F4N3O3/c1-10-6-8-11(9-7-10)14(26)23-17(18(20,21)22)15(27)25(16(28)24-17)13-5-3-2-4-12(13)19/h2-9H,1H3,(H,23,26)(H,24,28)/t17-/m1/s1. The lowest BCUT2D eigenvalue weighted by molar-refractivity contribution is -0.197. The number of rotatable bonds is 3. The average molecular weight is 395 g/mol. The van der Waals surface area contributed by atoms with E-state index in [0.29, 0.717) is 0 Å². The monoisotopic (exact) mass is 395 g/mol. The van der Waals surface area contributed by atoms with E-state index in [4.69, 9.17) is 0 Å². The van der Waals surface area contributed by atoms with Crippen molar-refractivity contribution < 1.29 is 31.9 Å². The number of anilines is 1. The van der Waals surface area contributed by atoms with E-state index in [2.05, 4.69) is 0 Å². The molecule has 1 atom stereocenters. The number of amides is 4. The van der Waals surface area contributed by atoms with Crippen molar-refractivity contribution in [3.63, 3.8) is 0 Å². The van der Waals surface area contributed by atoms with E-state index in [0.717, 1.165) is 17.7 Å². The summed E-state index contributed by atoms with van der Waals surface area (Å²) in [5, 5.41) is 3.02. The molecule has 1 saturated heterocycles. The van der Waals surface area contributed by atoms with Crippen molar-refractivity contribution in [2.75, 3.05) is 4.90 Å². The Labute approximate surface area is 156 Å². The van der Waals surface area contributed by atoms with Crippen LogP contribution < -0.4 is 15.5 Å². The van der Waals surface area contributed by atoms with Crippen LogP contribution in [0.5, 0.6) is 0 Å². The highest BCUT2D eigenvalue weighted by Gasteiger charge is 2.69. The molecule has 0 radical (unpaired) electrons. The van der Waals surface area contributed by atoms with Gasteiger partial charge in [0.25, 0.3) is 17.5 Å². The number of carbonyl (C=O) groups excluding carboxylic acids is 3. The minimum absolute atomic E-state index is 0.0121. The molecular weight excluding hydrogens is 382 g/mol. The third kappa shape index (κ3) is 3.06. The summed E-state index contributed by atoms with van der Waals surface area (Å²) in [7, 11) is 0. The molecule has 146 valence electrons. The van der Waals surface area contributed by atoms with Crippen molar-refractivity contribution in [3.8, 4) is 0 Å². The van der Waals surface area contributed by atoms with Gasteiger partial charge in [-0.2, -0.15) is 13.2 Å². The van der Waals surface area contributed by atoms with Crippen molar-refractivity contribution in [1.29, 1.82) is 0 Å². The molecule has 2 N–H and O–H groups in total. The molecule has 3 rings (SSSR count). The summed E-state index contributed by atoms with van der Waals surface area (Å²) >= 11 is 0. The summed E-state index contributed by atoms with van der Waals surface area (Å²) in [6, 6.07) is 8.36. The molecule has 2 aromatic rings. The molecule has 2 aromatic carbocycles. The Hall–Kier alpha value is -3.43. The Balaban J connectivity index is 2.02. The predicted molar refractivity (Wildman–Crippen MR) is 89.8 cm³/mol. The number of carbonyl (C=O) groups is 3. The van der Waals surface area contributed by atoms with Crippen LogP contribution in [0.4, 0.5) is 28.0 Å². The van der Waals surface area contributed by atoms with Gasteiger partial charge in [-0.15, -0.1) is 0 Å². The van der Waals surface area contributed by atoms with Crippen LogP contribution in [0.15, 0.2) is 48.5 Å². The number of hydrogen-bond acceptors (Lipinski definition) is 3. The van der Waals surface area contributed by atoms with Gasteiger partial charge in [0, 0.05) is 5.56 Å². The van der Waals surface area contributed by atoms with Crippen LogP contribution >= 0.6 is 0 Å². The quantitative estimate of drug-likeness (QED) is 0.620. The third-order valence-electron chi connectivity index (χ3n) is 4.15. The minimum atomic E-state index is -5.39. The average Bonchev–Trinajstić information content (AvgIpc) is 2.87. The fourth-order valence-electron chi connectivity index (χ4n) is 2.68. The maximum Gasteiger partial charge on any atom is 0.440 e. The lowest BCUT2D eigenvalue weighted by Gasteiger charge is -2.29. The Kier molecular flexibility index (Phi) is 4.58. The normalized spacial score (nSPS) is 19.5. The van der Waals surface area contributed by atoms with Crippen LogP contribution in [0.2, 0.25) is 0 Å². The smallest absolute Gasteiger partial charge is 0.314 e. The van der Waals surface area contributed by atoms with Crippen molar-refractivity contribution in [2.24, 2.45) is 0 Å². The van der Waals surface area contributed by atoms with E-state index in [9.17, 15) is 31.9 Å². The van der Waals surface area contributed by atoms with Crippen LogP contribution in [0.1, 0.15) is 15.9 Å². The van der Waals surface area contributed by atoms with E-state index in [-0.39, 0.29) is 10.5 Å². The second-order valence-electron chi connectivity index (χ2n) is 6.09. The minimum Gasteiger partial charge on any atom is -0.314 e. The van der Waals surface area contributed by atoms with Crippen LogP contribution in [-0.4, -0.2) is 29.7 Å². The number of benzene rings is 2. The lowest BCUT2D eigenvalue weighted by atomic mass is 10.1. The first-order chi connectivity index (χ1) is 13.1. The van der Waals surface area contributed by atoms with Crippen molar-refractivity contribution >= 4 is 23.5 Å². The second kappa shape index (κ2) is 6.63. The summed E-state index contributed by atoms with van der Waals surface area (Å²) in [5.41, 5.74) is -3.78. The van der Waals surface area contributed by atoms with Gasteiger partial charge in [-0.1, -0.05) is 29.8 Å². The van der Waals surface area contributed by atoms with Crippen molar-refractivity contribution in [1.82, 2.24) is 10.6 Å². The molecule has 10 heteroatoms. The van der Waals surface area contributed by atoms with Gasteiger partial charge in [-0.05, 0) is 31.2 Å². The van der Waals surface area contributed by atoms with Crippen molar-refractivity contribution in [2.45, 2.75) is 18.8 Å². The summed E-state index contributed by atoms with van der Waals surface area (Å²) in [5.74, 6) is -4.18. The Morgan fingerprint density at radius 1 is 1.07 bits per heavy atom. The van der Waals surface area contributed by atoms with Crippen molar-refractivity contribution in [3.05, 3.63) is 65.5 Å². The summed E-state index contributed by atoms with van der Waals surface area (Å²) in [6.07, 6.45) is -5.39. The first-order valence-electron chi connectivity index (χ1n) is 7.94. The van der Waals surface area contributed by atoms with Gasteiger partial charge in [0.15, 0.2) is 0 Å². The number of aryl methyl sites for hydroxylation is 1. The second-order valence-corrected chi connectivity index (χ2v) is 6.09. The number of nitrogens with one attached hydrogen (secondary N) is 2. The molecule has 6 nitrogen and oxygen atoms in total. The molecule has 0 aromatic heterocycles. The number of nitrogens with zero attached hydrogens (tertiary/aromatic N) is 1. The maximum atomic E-state index is 14.0. The van der Waals surface area contributed by atoms with Gasteiger partial charge in [0.05, 0.1) is 5.69 Å². The molecule has 1 heterocycles. The number of imide groups is 1. The van der Waals surface area contributed by atoms with E-state index < -0.39 is 41.2 Å². The molecule has 1 aliphatic heterocycles. The zero-order valence-corrected chi connectivity index (χ0v) is 14.3. The van der Waals surface area contributed by atoms with Crippen LogP contribution in [0, 0.1) is 12.7 Å².